The van der Waals surface area contributed by atoms with Crippen molar-refractivity contribution in [3.8, 4) is 0 Å². The zero-order valence-electron chi connectivity index (χ0n) is 18.7. The summed E-state index contributed by atoms with van der Waals surface area (Å²) in [5.74, 6) is -0.617. The van der Waals surface area contributed by atoms with E-state index in [0.29, 0.717) is 37.6 Å². The van der Waals surface area contributed by atoms with E-state index < -0.39 is 18.0 Å². The van der Waals surface area contributed by atoms with Gasteiger partial charge < -0.3 is 29.9 Å². The number of cyclic esters (lactones) is 1. The Bertz CT molecular complexity index is 886. The minimum Gasteiger partial charge on any atom is -0.442 e. The van der Waals surface area contributed by atoms with Crippen LogP contribution in [0.1, 0.15) is 12.8 Å². The number of carbonyl (C=O) groups is 3. The summed E-state index contributed by atoms with van der Waals surface area (Å²) in [6.07, 6.45) is 0.703. The van der Waals surface area contributed by atoms with E-state index in [0.717, 1.165) is 19.4 Å². The standard InChI is InChI=1S/C22H30FN5O5/c1-32-14-20(29)27-9-7-26(8-10-27)19-5-4-15(11-17(19)23)28-13-16(33-22(28)31)12-25-21(30)18-3-2-6-24-18/h4-5,11,16,18,24H,2-3,6-10,12-14H2,1H3,(H,25,30)/t16-,18?/m1/s1. The first-order valence-electron chi connectivity index (χ1n) is 11.3. The Morgan fingerprint density at radius 3 is 2.73 bits per heavy atom. The van der Waals surface area contributed by atoms with Crippen LogP contribution in [-0.2, 0) is 19.1 Å². The molecule has 3 heterocycles. The third kappa shape index (κ3) is 5.36. The molecule has 3 aliphatic rings. The van der Waals surface area contributed by atoms with E-state index in [4.69, 9.17) is 9.47 Å². The molecule has 0 aliphatic carbocycles. The minimum atomic E-state index is -0.564. The van der Waals surface area contributed by atoms with Gasteiger partial charge in [-0.25, -0.2) is 9.18 Å². The number of anilines is 2. The molecule has 3 amide bonds. The van der Waals surface area contributed by atoms with Gasteiger partial charge in [-0.3, -0.25) is 14.5 Å². The molecule has 0 aromatic heterocycles. The largest absolute Gasteiger partial charge is 0.442 e. The summed E-state index contributed by atoms with van der Waals surface area (Å²) < 4.78 is 25.2. The maximum Gasteiger partial charge on any atom is 0.414 e. The van der Waals surface area contributed by atoms with Crippen molar-refractivity contribution in [3.05, 3.63) is 24.0 Å². The van der Waals surface area contributed by atoms with Crippen LogP contribution >= 0.6 is 0 Å². The molecule has 11 heteroatoms. The van der Waals surface area contributed by atoms with Crippen molar-refractivity contribution in [2.45, 2.75) is 25.0 Å². The fourth-order valence-corrected chi connectivity index (χ4v) is 4.42. The molecule has 3 aliphatic heterocycles. The van der Waals surface area contributed by atoms with Gasteiger partial charge >= 0.3 is 6.09 Å². The molecule has 1 unspecified atom stereocenters. The molecular weight excluding hydrogens is 433 g/mol. The highest BCUT2D eigenvalue weighted by Gasteiger charge is 2.34. The highest BCUT2D eigenvalue weighted by Crippen LogP contribution is 2.28. The van der Waals surface area contributed by atoms with Gasteiger partial charge in [-0.1, -0.05) is 0 Å². The van der Waals surface area contributed by atoms with Crippen molar-refractivity contribution in [2.75, 3.05) is 69.3 Å². The minimum absolute atomic E-state index is 0.0388. The number of piperazine rings is 1. The van der Waals surface area contributed by atoms with Crippen LogP contribution in [0, 0.1) is 5.82 Å². The lowest BCUT2D eigenvalue weighted by Gasteiger charge is -2.36. The van der Waals surface area contributed by atoms with Gasteiger partial charge in [-0.15, -0.1) is 0 Å². The van der Waals surface area contributed by atoms with Crippen LogP contribution in [-0.4, -0.2) is 94.5 Å². The lowest BCUT2D eigenvalue weighted by molar-refractivity contribution is -0.135. The number of hydrogen-bond donors (Lipinski definition) is 2. The van der Waals surface area contributed by atoms with Gasteiger partial charge in [0.15, 0.2) is 0 Å². The van der Waals surface area contributed by atoms with Crippen LogP contribution < -0.4 is 20.4 Å². The predicted octanol–water partition coefficient (Wildman–Crippen LogP) is 0.314. The summed E-state index contributed by atoms with van der Waals surface area (Å²) in [7, 11) is 1.48. The van der Waals surface area contributed by atoms with E-state index >= 15 is 0 Å². The number of nitrogens with one attached hydrogen (secondary N) is 2. The van der Waals surface area contributed by atoms with E-state index in [1.807, 2.05) is 4.90 Å². The summed E-state index contributed by atoms with van der Waals surface area (Å²) in [5.41, 5.74) is 0.833. The van der Waals surface area contributed by atoms with Gasteiger partial charge in [0.1, 0.15) is 18.5 Å². The van der Waals surface area contributed by atoms with Crippen molar-refractivity contribution in [3.63, 3.8) is 0 Å². The van der Waals surface area contributed by atoms with E-state index in [9.17, 15) is 18.8 Å². The Kier molecular flexibility index (Phi) is 7.29. The first kappa shape index (κ1) is 23.2. The number of methoxy groups -OCH3 is 1. The van der Waals surface area contributed by atoms with Crippen LogP contribution in [0.2, 0.25) is 0 Å². The van der Waals surface area contributed by atoms with Crippen molar-refractivity contribution < 1.29 is 28.2 Å². The summed E-state index contributed by atoms with van der Waals surface area (Å²) in [5, 5.41) is 5.95. The van der Waals surface area contributed by atoms with Gasteiger partial charge in [-0.2, -0.15) is 0 Å². The third-order valence-electron chi connectivity index (χ3n) is 6.24. The number of hydrogen-bond acceptors (Lipinski definition) is 7. The molecule has 0 spiro atoms. The third-order valence-corrected chi connectivity index (χ3v) is 6.24. The molecule has 2 atom stereocenters. The van der Waals surface area contributed by atoms with Gasteiger partial charge in [0, 0.05) is 33.3 Å². The maximum atomic E-state index is 14.9. The molecule has 33 heavy (non-hydrogen) atoms. The Labute approximate surface area is 192 Å². The molecule has 4 rings (SSSR count). The van der Waals surface area contributed by atoms with E-state index in [1.54, 1.807) is 17.0 Å². The smallest absolute Gasteiger partial charge is 0.414 e. The molecule has 1 aromatic carbocycles. The number of halogens is 1. The topological polar surface area (TPSA) is 103 Å². The average Bonchev–Trinajstić information content (AvgIpc) is 3.48. The molecule has 10 nitrogen and oxygen atoms in total. The number of benzene rings is 1. The average molecular weight is 464 g/mol. The highest BCUT2D eigenvalue weighted by molar-refractivity contribution is 5.90. The van der Waals surface area contributed by atoms with Gasteiger partial charge in [-0.05, 0) is 37.6 Å². The van der Waals surface area contributed by atoms with Crippen LogP contribution in [0.15, 0.2) is 18.2 Å². The van der Waals surface area contributed by atoms with E-state index in [1.165, 1.54) is 18.1 Å². The molecule has 3 fully saturated rings. The molecule has 0 saturated carbocycles. The first-order chi connectivity index (χ1) is 16.0. The molecule has 0 radical (unpaired) electrons. The maximum absolute atomic E-state index is 14.9. The lowest BCUT2D eigenvalue weighted by atomic mass is 10.2. The summed E-state index contributed by atoms with van der Waals surface area (Å²) >= 11 is 0. The van der Waals surface area contributed by atoms with Crippen LogP contribution in [0.25, 0.3) is 0 Å². The SMILES string of the molecule is COCC(=O)N1CCN(c2ccc(N3C[C@@H](CNC(=O)C4CCCN4)OC3=O)cc2F)CC1. The van der Waals surface area contributed by atoms with Crippen molar-refractivity contribution in [2.24, 2.45) is 0 Å². The van der Waals surface area contributed by atoms with Crippen molar-refractivity contribution in [1.82, 2.24) is 15.5 Å². The molecule has 2 N–H and O–H groups in total. The summed E-state index contributed by atoms with van der Waals surface area (Å²) in [6, 6.07) is 4.46. The number of amides is 3. The summed E-state index contributed by atoms with van der Waals surface area (Å²) in [4.78, 5) is 41.4. The second-order valence-electron chi connectivity index (χ2n) is 8.45. The Balaban J connectivity index is 1.31. The number of rotatable bonds is 7. The quantitative estimate of drug-likeness (QED) is 0.600. The zero-order valence-corrected chi connectivity index (χ0v) is 18.7. The summed E-state index contributed by atoms with van der Waals surface area (Å²) in [6.45, 7) is 3.31. The first-order valence-corrected chi connectivity index (χ1v) is 11.3. The Morgan fingerprint density at radius 1 is 1.27 bits per heavy atom. The van der Waals surface area contributed by atoms with E-state index in [2.05, 4.69) is 10.6 Å². The number of ether oxygens (including phenoxy) is 2. The molecule has 180 valence electrons. The fraction of sp³-hybridized carbons (Fsp3) is 0.591. The normalized spacial score (nSPS) is 23.1. The molecular formula is C22H30FN5O5. The number of carbonyl (C=O) groups excluding carboxylic acids is 3. The fourth-order valence-electron chi connectivity index (χ4n) is 4.42. The molecule has 1 aromatic rings. The second kappa shape index (κ2) is 10.3. The molecule has 0 bridgehead atoms. The van der Waals surface area contributed by atoms with Crippen LogP contribution in [0.3, 0.4) is 0 Å². The van der Waals surface area contributed by atoms with Crippen molar-refractivity contribution >= 4 is 29.3 Å². The highest BCUT2D eigenvalue weighted by atomic mass is 19.1. The van der Waals surface area contributed by atoms with Gasteiger partial charge in [0.2, 0.25) is 11.8 Å². The number of nitrogens with zero attached hydrogens (tertiary/aromatic N) is 3. The van der Waals surface area contributed by atoms with E-state index in [-0.39, 0.29) is 37.6 Å². The monoisotopic (exact) mass is 463 g/mol. The predicted molar refractivity (Wildman–Crippen MR) is 119 cm³/mol. The Morgan fingerprint density at radius 2 is 2.06 bits per heavy atom. The van der Waals surface area contributed by atoms with Crippen molar-refractivity contribution in [1.29, 1.82) is 0 Å². The molecule has 3 saturated heterocycles. The Hall–Kier alpha value is -2.92. The zero-order chi connectivity index (χ0) is 23.4. The van der Waals surface area contributed by atoms with Crippen LogP contribution in [0.5, 0.6) is 0 Å². The van der Waals surface area contributed by atoms with Gasteiger partial charge in [0.05, 0.1) is 30.5 Å². The van der Waals surface area contributed by atoms with Gasteiger partial charge in [0.25, 0.3) is 0 Å². The lowest BCUT2D eigenvalue weighted by Crippen LogP contribution is -2.50. The van der Waals surface area contributed by atoms with Crippen LogP contribution in [0.4, 0.5) is 20.6 Å². The second-order valence-corrected chi connectivity index (χ2v) is 8.45.